The first kappa shape index (κ1) is 26.8. The van der Waals surface area contributed by atoms with Crippen LogP contribution in [0.4, 0.5) is 11.4 Å². The summed E-state index contributed by atoms with van der Waals surface area (Å²) in [5, 5.41) is 13.5. The first-order valence-corrected chi connectivity index (χ1v) is 13.4. The molecule has 1 N–H and O–H groups in total. The third-order valence-corrected chi connectivity index (χ3v) is 7.64. The van der Waals surface area contributed by atoms with Gasteiger partial charge in [0.05, 0.1) is 5.25 Å². The van der Waals surface area contributed by atoms with Crippen molar-refractivity contribution in [3.05, 3.63) is 104 Å². The molecule has 3 aromatic rings. The van der Waals surface area contributed by atoms with Gasteiger partial charge in [-0.25, -0.2) is 0 Å². The van der Waals surface area contributed by atoms with E-state index < -0.39 is 11.2 Å². The summed E-state index contributed by atoms with van der Waals surface area (Å²) in [6, 6.07) is 22.1. The number of carbonyl (C=O) groups is 2. The van der Waals surface area contributed by atoms with Gasteiger partial charge in [0, 0.05) is 21.4 Å². The van der Waals surface area contributed by atoms with E-state index >= 15 is 0 Å². The maximum Gasteiger partial charge on any atom is 0.269 e. The number of nitrogens with zero attached hydrogens (tertiary/aromatic N) is 2. The summed E-state index contributed by atoms with van der Waals surface area (Å²) in [6.07, 6.45) is 0.339. The molecule has 37 heavy (non-hydrogen) atoms. The minimum atomic E-state index is -0.571. The van der Waals surface area contributed by atoms with E-state index in [0.717, 1.165) is 16.7 Å². The lowest BCUT2D eigenvalue weighted by molar-refractivity contribution is -0.117. The number of anilines is 2. The Morgan fingerprint density at radius 3 is 2.35 bits per heavy atom. The van der Waals surface area contributed by atoms with Gasteiger partial charge in [-0.05, 0) is 78.4 Å². The highest BCUT2D eigenvalue weighted by molar-refractivity contribution is 8.05. The van der Waals surface area contributed by atoms with Crippen LogP contribution in [-0.2, 0) is 16.0 Å². The zero-order valence-electron chi connectivity index (χ0n) is 20.6. The Hall–Kier alpha value is -3.24. The average molecular weight is 551 g/mol. The van der Waals surface area contributed by atoms with Crippen LogP contribution in [0.3, 0.4) is 0 Å². The fourth-order valence-corrected chi connectivity index (χ4v) is 5.97. The molecule has 0 bridgehead atoms. The van der Waals surface area contributed by atoms with Gasteiger partial charge in [-0.1, -0.05) is 73.1 Å². The second kappa shape index (κ2) is 11.4. The Morgan fingerprint density at radius 2 is 1.76 bits per heavy atom. The monoisotopic (exact) mass is 549 g/mol. The fraction of sp³-hybridized carbons (Fsp3) is 0.207. The van der Waals surface area contributed by atoms with Crippen molar-refractivity contribution in [3.63, 3.8) is 0 Å². The van der Waals surface area contributed by atoms with E-state index in [0.29, 0.717) is 38.8 Å². The standard InChI is InChI=1S/C29H25Cl2N3O2S/c1-17(2)20-7-9-24(10-8-20)34-28(36)26(14-19-12-21(30)15-22(31)13-19)37-29(34)25(16-32)27(35)33-23-6-4-5-18(3)11-23/h4-13,15,17,26H,14H2,1-3H3,(H,33,35)/b29-25-. The molecule has 0 aromatic heterocycles. The van der Waals surface area contributed by atoms with Crippen molar-refractivity contribution in [2.75, 3.05) is 10.2 Å². The highest BCUT2D eigenvalue weighted by Gasteiger charge is 2.41. The van der Waals surface area contributed by atoms with E-state index in [4.69, 9.17) is 23.2 Å². The summed E-state index contributed by atoms with van der Waals surface area (Å²) in [5.74, 6) is -0.467. The van der Waals surface area contributed by atoms with Crippen LogP contribution < -0.4 is 10.2 Å². The lowest BCUT2D eigenvalue weighted by Gasteiger charge is -2.19. The third-order valence-electron chi connectivity index (χ3n) is 5.94. The van der Waals surface area contributed by atoms with E-state index in [9.17, 15) is 14.9 Å². The van der Waals surface area contributed by atoms with Crippen molar-refractivity contribution in [1.82, 2.24) is 0 Å². The zero-order chi connectivity index (χ0) is 26.7. The maximum absolute atomic E-state index is 13.7. The lowest BCUT2D eigenvalue weighted by atomic mass is 10.0. The number of hydrogen-bond acceptors (Lipinski definition) is 4. The lowest BCUT2D eigenvalue weighted by Crippen LogP contribution is -2.31. The first-order chi connectivity index (χ1) is 17.7. The number of aryl methyl sites for hydroxylation is 1. The largest absolute Gasteiger partial charge is 0.321 e. The molecule has 2 amide bonds. The zero-order valence-corrected chi connectivity index (χ0v) is 22.9. The second-order valence-electron chi connectivity index (χ2n) is 9.12. The van der Waals surface area contributed by atoms with Gasteiger partial charge < -0.3 is 5.32 Å². The average Bonchev–Trinajstić information content (AvgIpc) is 3.14. The molecule has 1 fully saturated rings. The number of nitrogens with one attached hydrogen (secondary N) is 1. The minimum Gasteiger partial charge on any atom is -0.321 e. The van der Waals surface area contributed by atoms with Gasteiger partial charge in [0.1, 0.15) is 16.7 Å². The van der Waals surface area contributed by atoms with Gasteiger partial charge in [-0.3, -0.25) is 14.5 Å². The molecule has 1 unspecified atom stereocenters. The van der Waals surface area contributed by atoms with E-state index in [1.165, 1.54) is 16.7 Å². The molecular weight excluding hydrogens is 525 g/mol. The number of thioether (sulfide) groups is 1. The number of halogens is 2. The van der Waals surface area contributed by atoms with Gasteiger partial charge in [0.25, 0.3) is 5.91 Å². The molecule has 1 aliphatic heterocycles. The van der Waals surface area contributed by atoms with Crippen LogP contribution in [-0.4, -0.2) is 17.1 Å². The maximum atomic E-state index is 13.7. The van der Waals surface area contributed by atoms with Crippen LogP contribution >= 0.6 is 35.0 Å². The number of carbonyl (C=O) groups excluding carboxylic acids is 2. The molecule has 4 rings (SSSR count). The normalized spacial score (nSPS) is 16.6. The smallest absolute Gasteiger partial charge is 0.269 e. The number of amides is 2. The highest BCUT2D eigenvalue weighted by atomic mass is 35.5. The molecule has 0 radical (unpaired) electrons. The molecular formula is C29H25Cl2N3O2S. The van der Waals surface area contributed by atoms with Crippen molar-refractivity contribution in [1.29, 1.82) is 5.26 Å². The van der Waals surface area contributed by atoms with Crippen LogP contribution in [0.1, 0.15) is 36.5 Å². The van der Waals surface area contributed by atoms with Crippen LogP contribution in [0.5, 0.6) is 0 Å². The first-order valence-electron chi connectivity index (χ1n) is 11.7. The fourth-order valence-electron chi connectivity index (χ4n) is 4.09. The predicted octanol–water partition coefficient (Wildman–Crippen LogP) is 7.49. The van der Waals surface area contributed by atoms with Gasteiger partial charge in [0.2, 0.25) is 5.91 Å². The minimum absolute atomic E-state index is 0.126. The molecule has 0 aliphatic carbocycles. The van der Waals surface area contributed by atoms with Gasteiger partial charge in [-0.15, -0.1) is 0 Å². The summed E-state index contributed by atoms with van der Waals surface area (Å²) in [7, 11) is 0. The molecule has 1 atom stereocenters. The molecule has 1 saturated heterocycles. The second-order valence-corrected chi connectivity index (χ2v) is 11.2. The van der Waals surface area contributed by atoms with E-state index in [1.54, 1.807) is 24.3 Å². The Kier molecular flexibility index (Phi) is 8.29. The van der Waals surface area contributed by atoms with Gasteiger partial charge >= 0.3 is 0 Å². The molecule has 1 heterocycles. The SMILES string of the molecule is Cc1cccc(NC(=O)/C(C#N)=C2\SC(Cc3cc(Cl)cc(Cl)c3)C(=O)N2c2ccc(C(C)C)cc2)c1. The molecule has 188 valence electrons. The van der Waals surface area contributed by atoms with Crippen molar-refractivity contribution in [2.24, 2.45) is 0 Å². The van der Waals surface area contributed by atoms with Crippen LogP contribution in [0.15, 0.2) is 77.3 Å². The van der Waals surface area contributed by atoms with Crippen molar-refractivity contribution in [2.45, 2.75) is 38.4 Å². The summed E-state index contributed by atoms with van der Waals surface area (Å²) >= 11 is 13.6. The van der Waals surface area contributed by atoms with Gasteiger partial charge in [-0.2, -0.15) is 5.26 Å². The number of nitriles is 1. The number of benzene rings is 3. The molecule has 5 nitrogen and oxygen atoms in total. The Bertz CT molecular complexity index is 1410. The van der Waals surface area contributed by atoms with E-state index in [-0.39, 0.29) is 11.5 Å². The molecule has 3 aromatic carbocycles. The number of rotatable bonds is 6. The topological polar surface area (TPSA) is 73.2 Å². The van der Waals surface area contributed by atoms with Crippen LogP contribution in [0, 0.1) is 18.3 Å². The predicted molar refractivity (Wildman–Crippen MR) is 152 cm³/mol. The summed E-state index contributed by atoms with van der Waals surface area (Å²) in [4.78, 5) is 28.4. The molecule has 0 saturated carbocycles. The van der Waals surface area contributed by atoms with Gasteiger partial charge in [0.15, 0.2) is 0 Å². The Balaban J connectivity index is 1.74. The van der Waals surface area contributed by atoms with E-state index in [2.05, 4.69) is 19.2 Å². The quantitative estimate of drug-likeness (QED) is 0.255. The number of hydrogen-bond donors (Lipinski definition) is 1. The third kappa shape index (κ3) is 6.19. The summed E-state index contributed by atoms with van der Waals surface area (Å²) in [6.45, 7) is 6.10. The van der Waals surface area contributed by atoms with E-state index in [1.807, 2.05) is 55.5 Å². The molecule has 0 spiro atoms. The Morgan fingerprint density at radius 1 is 1.08 bits per heavy atom. The Labute approximate surface area is 231 Å². The van der Waals surface area contributed by atoms with Crippen LogP contribution in [0.2, 0.25) is 10.0 Å². The molecule has 8 heteroatoms. The van der Waals surface area contributed by atoms with Crippen molar-refractivity contribution >= 4 is 58.2 Å². The summed E-state index contributed by atoms with van der Waals surface area (Å²) < 4.78 is 0. The van der Waals surface area contributed by atoms with Crippen molar-refractivity contribution < 1.29 is 9.59 Å². The van der Waals surface area contributed by atoms with Crippen molar-refractivity contribution in [3.8, 4) is 6.07 Å². The highest BCUT2D eigenvalue weighted by Crippen LogP contribution is 2.42. The molecule has 1 aliphatic rings. The van der Waals surface area contributed by atoms with Crippen LogP contribution in [0.25, 0.3) is 0 Å². The summed E-state index contributed by atoms with van der Waals surface area (Å²) in [5.41, 5.74) is 3.94.